The number of aliphatic hydroxyl groups excluding tert-OH is 1. The average molecular weight is 457 g/mol. The maximum atomic E-state index is 11.9. The molecule has 176 valence electrons. The second kappa shape index (κ2) is 10.0. The summed E-state index contributed by atoms with van der Waals surface area (Å²) in [4.78, 5) is 24.1. The summed E-state index contributed by atoms with van der Waals surface area (Å²) in [7, 11) is 0. The van der Waals surface area contributed by atoms with Gasteiger partial charge in [0.05, 0.1) is 11.8 Å². The lowest BCUT2D eigenvalue weighted by Crippen LogP contribution is -2.39. The zero-order valence-corrected chi connectivity index (χ0v) is 19.8. The van der Waals surface area contributed by atoms with Crippen molar-refractivity contribution in [2.45, 2.75) is 45.1 Å². The minimum absolute atomic E-state index is 0.0637. The van der Waals surface area contributed by atoms with Crippen molar-refractivity contribution >= 4 is 11.6 Å². The van der Waals surface area contributed by atoms with Gasteiger partial charge in [0.25, 0.3) is 0 Å². The number of aromatic nitrogens is 2. The molecule has 2 N–H and O–H groups in total. The maximum absolute atomic E-state index is 11.9. The minimum atomic E-state index is -0.470. The normalized spacial score (nSPS) is 16.1. The van der Waals surface area contributed by atoms with Gasteiger partial charge in [-0.05, 0) is 55.6 Å². The Balaban J connectivity index is 1.41. The van der Waals surface area contributed by atoms with Gasteiger partial charge in [0.2, 0.25) is 0 Å². The number of Topliss-reactive ketones (excluding diaryl/α,β-unsaturated/α-hetero) is 1. The van der Waals surface area contributed by atoms with Crippen molar-refractivity contribution in [2.75, 3.05) is 31.5 Å². The zero-order valence-electron chi connectivity index (χ0n) is 19.8. The molecule has 0 saturated carbocycles. The predicted octanol–water partition coefficient (Wildman–Crippen LogP) is 4.10. The number of piperidine rings is 1. The first-order chi connectivity index (χ1) is 16.6. The van der Waals surface area contributed by atoms with E-state index in [4.69, 9.17) is 9.97 Å². The Bertz CT molecular complexity index is 1170. The fraction of sp³-hybridized carbons (Fsp3) is 0.393. The van der Waals surface area contributed by atoms with Crippen LogP contribution in [-0.2, 0) is 12.8 Å². The molecule has 1 aliphatic heterocycles. The van der Waals surface area contributed by atoms with Gasteiger partial charge in [0.15, 0.2) is 5.78 Å². The fourth-order valence-corrected chi connectivity index (χ4v) is 5.06. The summed E-state index contributed by atoms with van der Waals surface area (Å²) in [5.41, 5.74) is 6.02. The number of benzene rings is 2. The van der Waals surface area contributed by atoms with Gasteiger partial charge in [-0.15, -0.1) is 0 Å². The van der Waals surface area contributed by atoms with Crippen LogP contribution in [0, 0.1) is 0 Å². The van der Waals surface area contributed by atoms with Crippen LogP contribution in [0.15, 0.2) is 48.5 Å². The Morgan fingerprint density at radius 3 is 2.65 bits per heavy atom. The smallest absolute Gasteiger partial charge is 0.159 e. The SMILES string of the molecule is CC(=O)c1ccc2c(c1)Cc1nc(Cc3ccccc3)nc(NCC(O)CN3CCCCC3)c1-2. The van der Waals surface area contributed by atoms with Crippen LogP contribution in [0.2, 0.25) is 0 Å². The predicted molar refractivity (Wildman–Crippen MR) is 134 cm³/mol. The van der Waals surface area contributed by atoms with Crippen LogP contribution < -0.4 is 5.32 Å². The summed E-state index contributed by atoms with van der Waals surface area (Å²) in [5.74, 6) is 1.59. The van der Waals surface area contributed by atoms with Crippen LogP contribution in [0.1, 0.15) is 59.2 Å². The van der Waals surface area contributed by atoms with Crippen LogP contribution >= 0.6 is 0 Å². The van der Waals surface area contributed by atoms with Crippen molar-refractivity contribution in [3.8, 4) is 11.1 Å². The van der Waals surface area contributed by atoms with Crippen LogP contribution in [0.3, 0.4) is 0 Å². The average Bonchev–Trinajstić information content (AvgIpc) is 3.21. The van der Waals surface area contributed by atoms with E-state index in [1.54, 1.807) is 6.92 Å². The number of β-amino-alcohol motifs (C(OH)–C–C–N with tert-alkyl or cyclic N) is 1. The van der Waals surface area contributed by atoms with Gasteiger partial charge in [-0.25, -0.2) is 9.97 Å². The van der Waals surface area contributed by atoms with Crippen LogP contribution in [0.4, 0.5) is 5.82 Å². The third-order valence-electron chi connectivity index (χ3n) is 6.80. The largest absolute Gasteiger partial charge is 0.390 e. The highest BCUT2D eigenvalue weighted by Crippen LogP contribution is 2.40. The number of hydrogen-bond donors (Lipinski definition) is 2. The number of hydrogen-bond acceptors (Lipinski definition) is 6. The Morgan fingerprint density at radius 2 is 1.88 bits per heavy atom. The summed E-state index contributed by atoms with van der Waals surface area (Å²) in [6.45, 7) is 4.83. The Kier molecular flexibility index (Phi) is 6.70. The van der Waals surface area contributed by atoms with Gasteiger partial charge >= 0.3 is 0 Å². The number of nitrogens with one attached hydrogen (secondary N) is 1. The molecule has 1 atom stereocenters. The Hall–Kier alpha value is -3.09. The molecule has 0 radical (unpaired) electrons. The van der Waals surface area contributed by atoms with Crippen LogP contribution in [0.5, 0.6) is 0 Å². The summed E-state index contributed by atoms with van der Waals surface area (Å²) in [6, 6.07) is 16.1. The second-order valence-electron chi connectivity index (χ2n) is 9.47. The van der Waals surface area contributed by atoms with Gasteiger partial charge < -0.3 is 15.3 Å². The number of likely N-dealkylation sites (tertiary alicyclic amines) is 1. The molecule has 0 spiro atoms. The maximum Gasteiger partial charge on any atom is 0.159 e. The lowest BCUT2D eigenvalue weighted by molar-refractivity contribution is 0.101. The highest BCUT2D eigenvalue weighted by Gasteiger charge is 2.26. The van der Waals surface area contributed by atoms with Crippen LogP contribution in [0.25, 0.3) is 11.1 Å². The molecule has 2 aromatic carbocycles. The van der Waals surface area contributed by atoms with E-state index in [9.17, 15) is 9.90 Å². The lowest BCUT2D eigenvalue weighted by atomic mass is 10.0. The molecule has 1 aromatic heterocycles. The summed E-state index contributed by atoms with van der Waals surface area (Å²) >= 11 is 0. The first kappa shape index (κ1) is 22.7. The number of carbonyl (C=O) groups excluding carboxylic acids is 1. The van der Waals surface area contributed by atoms with E-state index in [0.717, 1.165) is 58.2 Å². The monoisotopic (exact) mass is 456 g/mol. The molecule has 0 amide bonds. The Labute approximate surface area is 201 Å². The number of rotatable bonds is 8. The van der Waals surface area contributed by atoms with E-state index in [2.05, 4.69) is 22.3 Å². The molecule has 34 heavy (non-hydrogen) atoms. The second-order valence-corrected chi connectivity index (χ2v) is 9.47. The molecule has 5 rings (SSSR count). The van der Waals surface area contributed by atoms with Gasteiger partial charge in [0, 0.05) is 37.1 Å². The van der Waals surface area contributed by atoms with Crippen molar-refractivity contribution in [2.24, 2.45) is 0 Å². The van der Waals surface area contributed by atoms with Crippen molar-refractivity contribution in [1.82, 2.24) is 14.9 Å². The topological polar surface area (TPSA) is 78.3 Å². The van der Waals surface area contributed by atoms with E-state index in [-0.39, 0.29) is 5.78 Å². The molecule has 1 saturated heterocycles. The van der Waals surface area contributed by atoms with Gasteiger partial charge in [-0.1, -0.05) is 48.9 Å². The summed E-state index contributed by atoms with van der Waals surface area (Å²) in [5, 5.41) is 14.2. The first-order valence-corrected chi connectivity index (χ1v) is 12.3. The zero-order chi connectivity index (χ0) is 23.5. The third-order valence-corrected chi connectivity index (χ3v) is 6.80. The van der Waals surface area contributed by atoms with Crippen molar-refractivity contribution < 1.29 is 9.90 Å². The molecule has 1 unspecified atom stereocenters. The third kappa shape index (κ3) is 5.03. The fourth-order valence-electron chi connectivity index (χ4n) is 5.06. The van der Waals surface area contributed by atoms with E-state index < -0.39 is 6.10 Å². The standard InChI is InChI=1S/C28H32N4O2/c1-19(33)21-10-11-24-22(15-21)16-25-27(24)28(29-17-23(34)18-32-12-6-3-7-13-32)31-26(30-25)14-20-8-4-2-5-9-20/h2,4-5,8-11,15,23,34H,3,6-7,12-14,16-18H2,1H3,(H,29,30,31). The number of fused-ring (bicyclic) bond motifs is 3. The van der Waals surface area contributed by atoms with E-state index in [1.165, 1.54) is 19.3 Å². The number of nitrogens with zero attached hydrogens (tertiary/aromatic N) is 3. The number of anilines is 1. The van der Waals surface area contributed by atoms with Crippen molar-refractivity contribution in [1.29, 1.82) is 0 Å². The summed E-state index contributed by atoms with van der Waals surface area (Å²) < 4.78 is 0. The molecular formula is C28H32N4O2. The van der Waals surface area contributed by atoms with E-state index >= 15 is 0 Å². The summed E-state index contributed by atoms with van der Waals surface area (Å²) in [6.07, 6.45) is 4.56. The van der Waals surface area contributed by atoms with Crippen molar-refractivity contribution in [3.05, 3.63) is 76.7 Å². The quantitative estimate of drug-likeness (QED) is 0.389. The van der Waals surface area contributed by atoms with Gasteiger partial charge in [-0.2, -0.15) is 0 Å². The molecule has 2 heterocycles. The molecule has 0 bridgehead atoms. The van der Waals surface area contributed by atoms with Crippen LogP contribution in [-0.4, -0.2) is 58.0 Å². The number of aliphatic hydroxyl groups is 1. The van der Waals surface area contributed by atoms with Gasteiger partial charge in [0.1, 0.15) is 11.6 Å². The highest BCUT2D eigenvalue weighted by atomic mass is 16.3. The van der Waals surface area contributed by atoms with E-state index in [1.807, 2.05) is 36.4 Å². The molecule has 6 nitrogen and oxygen atoms in total. The number of ketones is 1. The lowest BCUT2D eigenvalue weighted by Gasteiger charge is -2.28. The molecule has 1 fully saturated rings. The Morgan fingerprint density at radius 1 is 1.09 bits per heavy atom. The molecule has 6 heteroatoms. The first-order valence-electron chi connectivity index (χ1n) is 12.3. The molecular weight excluding hydrogens is 424 g/mol. The molecule has 1 aliphatic carbocycles. The highest BCUT2D eigenvalue weighted by molar-refractivity contribution is 5.96. The minimum Gasteiger partial charge on any atom is -0.390 e. The number of carbonyl (C=O) groups is 1. The molecule has 3 aromatic rings. The van der Waals surface area contributed by atoms with Gasteiger partial charge in [-0.3, -0.25) is 4.79 Å². The molecule has 2 aliphatic rings. The van der Waals surface area contributed by atoms with E-state index in [0.29, 0.717) is 25.9 Å². The van der Waals surface area contributed by atoms with Crippen molar-refractivity contribution in [3.63, 3.8) is 0 Å².